The van der Waals surface area contributed by atoms with Crippen LogP contribution in [0.3, 0.4) is 0 Å². The highest BCUT2D eigenvalue weighted by Gasteiger charge is 2.10. The van der Waals surface area contributed by atoms with Gasteiger partial charge in [-0.1, -0.05) is 6.92 Å². The molecule has 1 aromatic rings. The maximum absolute atomic E-state index is 9.51. The number of rotatable bonds is 7. The lowest BCUT2D eigenvalue weighted by molar-refractivity contribution is 0.0631. The van der Waals surface area contributed by atoms with Crippen molar-refractivity contribution in [1.82, 2.24) is 5.32 Å². The van der Waals surface area contributed by atoms with Crippen LogP contribution in [0.5, 0.6) is 0 Å². The minimum Gasteiger partial charge on any atom is -0.389 e. The summed E-state index contributed by atoms with van der Waals surface area (Å²) in [5.74, 6) is 0. The quantitative estimate of drug-likeness (QED) is 0.769. The Morgan fingerprint density at radius 3 is 2.81 bits per heavy atom. The van der Waals surface area contributed by atoms with Gasteiger partial charge >= 0.3 is 0 Å². The van der Waals surface area contributed by atoms with Crippen LogP contribution in [-0.2, 0) is 11.2 Å². The summed E-state index contributed by atoms with van der Waals surface area (Å²) in [6.07, 6.45) is 0.655. The summed E-state index contributed by atoms with van der Waals surface area (Å²) in [5.41, 5.74) is 0. The molecule has 92 valence electrons. The van der Waals surface area contributed by atoms with Crippen molar-refractivity contribution in [2.45, 2.75) is 32.4 Å². The topological polar surface area (TPSA) is 41.5 Å². The second-order valence-electron chi connectivity index (χ2n) is 3.90. The number of aliphatic hydroxyl groups is 1. The second kappa shape index (κ2) is 7.01. The number of nitrogens with one attached hydrogen (secondary N) is 1. The molecule has 0 spiro atoms. The molecule has 0 aliphatic heterocycles. The zero-order valence-corrected chi connectivity index (χ0v) is 11.0. The molecule has 2 N–H and O–H groups in total. The first-order valence-corrected chi connectivity index (χ1v) is 6.48. The zero-order chi connectivity index (χ0) is 12.0. The van der Waals surface area contributed by atoms with Crippen LogP contribution in [0.25, 0.3) is 0 Å². The minimum atomic E-state index is -0.432. The molecule has 0 aliphatic rings. The molecule has 0 saturated heterocycles. The van der Waals surface area contributed by atoms with E-state index in [1.54, 1.807) is 7.11 Å². The second-order valence-corrected chi connectivity index (χ2v) is 5.10. The highest BCUT2D eigenvalue weighted by molar-refractivity contribution is 7.12. The van der Waals surface area contributed by atoms with E-state index in [9.17, 15) is 5.11 Å². The number of aliphatic hydroxyl groups excluding tert-OH is 1. The average Bonchev–Trinajstić information content (AvgIpc) is 2.75. The van der Waals surface area contributed by atoms with Crippen molar-refractivity contribution in [3.05, 3.63) is 21.9 Å². The molecule has 1 aromatic heterocycles. The van der Waals surface area contributed by atoms with Gasteiger partial charge < -0.3 is 15.2 Å². The van der Waals surface area contributed by atoms with Gasteiger partial charge in [0.05, 0.1) is 12.7 Å². The Hall–Kier alpha value is -0.420. The average molecular weight is 243 g/mol. The van der Waals surface area contributed by atoms with Gasteiger partial charge in [-0.2, -0.15) is 0 Å². The fraction of sp³-hybridized carbons (Fsp3) is 0.667. The molecule has 1 heterocycles. The molecule has 1 rings (SSSR count). The maximum atomic E-state index is 9.51. The summed E-state index contributed by atoms with van der Waals surface area (Å²) in [4.78, 5) is 2.72. The van der Waals surface area contributed by atoms with Crippen LogP contribution >= 0.6 is 11.3 Å². The van der Waals surface area contributed by atoms with E-state index in [1.165, 1.54) is 9.75 Å². The molecular formula is C12H21NO2S. The Morgan fingerprint density at radius 1 is 1.50 bits per heavy atom. The van der Waals surface area contributed by atoms with Gasteiger partial charge in [-0.25, -0.2) is 0 Å². The third-order valence-corrected chi connectivity index (χ3v) is 3.89. The van der Waals surface area contributed by atoms with Crippen molar-refractivity contribution in [1.29, 1.82) is 0 Å². The standard InChI is InChI=1S/C12H21NO2S/c1-4-11-5-6-12(16-11)9(2)13-7-10(14)8-15-3/h5-6,9-10,13-14H,4,7-8H2,1-3H3. The van der Waals surface area contributed by atoms with Gasteiger partial charge in [0.15, 0.2) is 0 Å². The largest absolute Gasteiger partial charge is 0.389 e. The SMILES string of the molecule is CCc1ccc(C(C)NCC(O)COC)s1. The molecule has 0 bridgehead atoms. The third kappa shape index (κ3) is 4.22. The first-order chi connectivity index (χ1) is 7.67. The van der Waals surface area contributed by atoms with E-state index < -0.39 is 6.10 Å². The van der Waals surface area contributed by atoms with E-state index in [0.29, 0.717) is 13.2 Å². The fourth-order valence-corrected chi connectivity index (χ4v) is 2.46. The predicted molar refractivity (Wildman–Crippen MR) is 68.0 cm³/mol. The summed E-state index contributed by atoms with van der Waals surface area (Å²) in [6.45, 7) is 5.22. The van der Waals surface area contributed by atoms with Crippen molar-refractivity contribution in [3.8, 4) is 0 Å². The van der Waals surface area contributed by atoms with E-state index in [2.05, 4.69) is 31.3 Å². The van der Waals surface area contributed by atoms with E-state index in [1.807, 2.05) is 11.3 Å². The summed E-state index contributed by atoms with van der Waals surface area (Å²) in [6, 6.07) is 4.62. The molecule has 3 nitrogen and oxygen atoms in total. The molecule has 0 saturated carbocycles. The number of methoxy groups -OCH3 is 1. The zero-order valence-electron chi connectivity index (χ0n) is 10.2. The normalized spacial score (nSPS) is 15.0. The van der Waals surface area contributed by atoms with Crippen LogP contribution in [0.2, 0.25) is 0 Å². The number of thiophene rings is 1. The van der Waals surface area contributed by atoms with Gasteiger partial charge in [-0.05, 0) is 25.5 Å². The number of hydrogen-bond donors (Lipinski definition) is 2. The fourth-order valence-electron chi connectivity index (χ4n) is 1.48. The Morgan fingerprint density at radius 2 is 2.25 bits per heavy atom. The van der Waals surface area contributed by atoms with Crippen LogP contribution in [0.15, 0.2) is 12.1 Å². The molecule has 2 unspecified atom stereocenters. The third-order valence-electron chi connectivity index (χ3n) is 2.48. The number of hydrogen-bond acceptors (Lipinski definition) is 4. The number of ether oxygens (including phenoxy) is 1. The highest BCUT2D eigenvalue weighted by Crippen LogP contribution is 2.23. The summed E-state index contributed by atoms with van der Waals surface area (Å²) in [5, 5.41) is 12.8. The Bertz CT molecular complexity index is 301. The molecule has 0 aliphatic carbocycles. The van der Waals surface area contributed by atoms with E-state index in [-0.39, 0.29) is 6.04 Å². The lowest BCUT2D eigenvalue weighted by atomic mass is 10.2. The van der Waals surface area contributed by atoms with Gasteiger partial charge in [0.2, 0.25) is 0 Å². The van der Waals surface area contributed by atoms with Crippen molar-refractivity contribution in [2.75, 3.05) is 20.3 Å². The summed E-state index contributed by atoms with van der Waals surface area (Å²) in [7, 11) is 1.60. The molecule has 0 radical (unpaired) electrons. The van der Waals surface area contributed by atoms with E-state index in [0.717, 1.165) is 6.42 Å². The van der Waals surface area contributed by atoms with E-state index >= 15 is 0 Å². The molecular weight excluding hydrogens is 222 g/mol. The molecule has 0 aromatic carbocycles. The Labute approximate surface area is 101 Å². The predicted octanol–water partition coefficient (Wildman–Crippen LogP) is 1.97. The monoisotopic (exact) mass is 243 g/mol. The van der Waals surface area contributed by atoms with Gasteiger partial charge in [-0.15, -0.1) is 11.3 Å². The van der Waals surface area contributed by atoms with Crippen LogP contribution in [0, 0.1) is 0 Å². The van der Waals surface area contributed by atoms with Gasteiger partial charge in [0, 0.05) is 29.5 Å². The minimum absolute atomic E-state index is 0.289. The first kappa shape index (κ1) is 13.6. The Balaban J connectivity index is 2.37. The van der Waals surface area contributed by atoms with Gasteiger partial charge in [0.25, 0.3) is 0 Å². The highest BCUT2D eigenvalue weighted by atomic mass is 32.1. The van der Waals surface area contributed by atoms with Crippen molar-refractivity contribution in [2.24, 2.45) is 0 Å². The van der Waals surface area contributed by atoms with Crippen LogP contribution < -0.4 is 5.32 Å². The van der Waals surface area contributed by atoms with Crippen molar-refractivity contribution >= 4 is 11.3 Å². The lowest BCUT2D eigenvalue weighted by Crippen LogP contribution is -2.31. The first-order valence-electron chi connectivity index (χ1n) is 5.66. The molecule has 4 heteroatoms. The maximum Gasteiger partial charge on any atom is 0.0897 e. The van der Waals surface area contributed by atoms with Crippen LogP contribution in [0.1, 0.15) is 29.6 Å². The summed E-state index contributed by atoms with van der Waals surface area (Å²) >= 11 is 1.83. The smallest absolute Gasteiger partial charge is 0.0897 e. The number of aryl methyl sites for hydroxylation is 1. The molecule has 2 atom stereocenters. The van der Waals surface area contributed by atoms with Gasteiger partial charge in [-0.3, -0.25) is 0 Å². The van der Waals surface area contributed by atoms with E-state index in [4.69, 9.17) is 4.74 Å². The molecule has 0 amide bonds. The van der Waals surface area contributed by atoms with Crippen LogP contribution in [-0.4, -0.2) is 31.5 Å². The Kier molecular flexibility index (Phi) is 5.98. The van der Waals surface area contributed by atoms with Gasteiger partial charge in [0.1, 0.15) is 0 Å². The van der Waals surface area contributed by atoms with Crippen molar-refractivity contribution in [3.63, 3.8) is 0 Å². The lowest BCUT2D eigenvalue weighted by Gasteiger charge is -2.15. The molecule has 0 fully saturated rings. The van der Waals surface area contributed by atoms with Crippen LogP contribution in [0.4, 0.5) is 0 Å². The molecule has 16 heavy (non-hydrogen) atoms. The van der Waals surface area contributed by atoms with Crippen molar-refractivity contribution < 1.29 is 9.84 Å². The summed E-state index contributed by atoms with van der Waals surface area (Å²) < 4.78 is 4.88.